The van der Waals surface area contributed by atoms with Gasteiger partial charge >= 0.3 is 11.9 Å². The van der Waals surface area contributed by atoms with E-state index in [-0.39, 0.29) is 47.1 Å². The minimum Gasteiger partial charge on any atom is -0.454 e. The monoisotopic (exact) mass is 610 g/mol. The molecule has 4 aliphatic carbocycles. The van der Waals surface area contributed by atoms with E-state index >= 15 is 0 Å². The second kappa shape index (κ2) is 10.9. The van der Waals surface area contributed by atoms with Crippen LogP contribution < -0.4 is 0 Å². The summed E-state index contributed by atoms with van der Waals surface area (Å²) in [6, 6.07) is 6.30. The molecular formula is C33H39FN2O6S. The lowest BCUT2D eigenvalue weighted by Crippen LogP contribution is -2.63. The molecule has 7 atom stereocenters. The molecule has 10 heteroatoms. The molecule has 1 aromatic carbocycles. The van der Waals surface area contributed by atoms with E-state index in [1.54, 1.807) is 12.1 Å². The Morgan fingerprint density at radius 1 is 1.19 bits per heavy atom. The van der Waals surface area contributed by atoms with Crippen LogP contribution in [0.2, 0.25) is 0 Å². The van der Waals surface area contributed by atoms with Crippen LogP contribution in [0.5, 0.6) is 0 Å². The first kappa shape index (κ1) is 30.1. The fraction of sp³-hybridized carbons (Fsp3) is 0.576. The van der Waals surface area contributed by atoms with Gasteiger partial charge in [-0.25, -0.2) is 13.9 Å². The lowest BCUT2D eigenvalue weighted by atomic mass is 9.45. The van der Waals surface area contributed by atoms with Gasteiger partial charge in [-0.05, 0) is 103 Å². The summed E-state index contributed by atoms with van der Waals surface area (Å²) in [6.45, 7) is 6.95. The van der Waals surface area contributed by atoms with Crippen LogP contribution in [-0.4, -0.2) is 56.0 Å². The third-order valence-electron chi connectivity index (χ3n) is 10.9. The van der Waals surface area contributed by atoms with Crippen LogP contribution in [0.25, 0.3) is 11.8 Å². The van der Waals surface area contributed by atoms with Gasteiger partial charge in [-0.1, -0.05) is 38.1 Å². The molecule has 0 aliphatic heterocycles. The Bertz CT molecular complexity index is 1490. The minimum absolute atomic E-state index is 0.0234. The largest absolute Gasteiger partial charge is 0.454 e. The number of carbonyl (C=O) groups excluding carboxylic acids is 3. The van der Waals surface area contributed by atoms with Crippen molar-refractivity contribution in [2.24, 2.45) is 28.6 Å². The molecule has 0 bridgehead atoms. The van der Waals surface area contributed by atoms with Crippen LogP contribution in [0.15, 0.2) is 36.0 Å². The highest BCUT2D eigenvalue weighted by Crippen LogP contribution is 2.68. The Morgan fingerprint density at radius 2 is 1.93 bits per heavy atom. The molecule has 1 aromatic heterocycles. The van der Waals surface area contributed by atoms with Crippen LogP contribution >= 0.6 is 11.8 Å². The molecule has 1 N–H and O–H groups in total. The molecule has 6 rings (SSSR count). The van der Waals surface area contributed by atoms with Crippen molar-refractivity contribution in [2.45, 2.75) is 77.9 Å². The summed E-state index contributed by atoms with van der Waals surface area (Å²) >= 11 is 1.08. The van der Waals surface area contributed by atoms with Gasteiger partial charge in [0.05, 0.1) is 23.7 Å². The van der Waals surface area contributed by atoms with Gasteiger partial charge in [0, 0.05) is 12.3 Å². The zero-order valence-electron chi connectivity index (χ0n) is 25.1. The first-order valence-electron chi connectivity index (χ1n) is 15.2. The second-order valence-corrected chi connectivity index (χ2v) is 14.4. The molecule has 0 amide bonds. The molecule has 0 radical (unpaired) electrons. The number of hydrogen-bond donors (Lipinski definition) is 1. The Morgan fingerprint density at radius 3 is 2.63 bits per heavy atom. The molecule has 4 aliphatic rings. The van der Waals surface area contributed by atoms with Gasteiger partial charge in [-0.2, -0.15) is 5.10 Å². The number of aliphatic hydroxyl groups excluding tert-OH is 1. The number of aliphatic hydroxyl groups is 1. The predicted molar refractivity (Wildman–Crippen MR) is 160 cm³/mol. The predicted octanol–water partition coefficient (Wildman–Crippen LogP) is 5.29. The van der Waals surface area contributed by atoms with Crippen molar-refractivity contribution in [1.29, 1.82) is 0 Å². The average Bonchev–Trinajstić information content (AvgIpc) is 3.48. The summed E-state index contributed by atoms with van der Waals surface area (Å²) in [5.74, 6) is -0.925. The number of nitrogens with zero attached hydrogens (tertiary/aromatic N) is 2. The van der Waals surface area contributed by atoms with Crippen molar-refractivity contribution in [3.8, 4) is 5.69 Å². The SMILES string of the molecule is CCSC(=O)COC(=O)[C@@]1(OC(C)=O)CC[C@H]2C3CCC4=Cc5c(cnn5-c5ccc(F)cc5)CC4(C)[C@H]3[C@@H](O)CC21C. The van der Waals surface area contributed by atoms with Gasteiger partial charge in [-0.3, -0.25) is 9.59 Å². The lowest BCUT2D eigenvalue weighted by Gasteiger charge is -2.60. The molecule has 3 unspecified atom stereocenters. The van der Waals surface area contributed by atoms with Crippen LogP contribution in [0.3, 0.4) is 0 Å². The molecule has 2 aromatic rings. The molecular weight excluding hydrogens is 571 g/mol. The van der Waals surface area contributed by atoms with E-state index in [1.165, 1.54) is 24.6 Å². The van der Waals surface area contributed by atoms with Crippen LogP contribution in [-0.2, 0) is 30.3 Å². The fourth-order valence-corrected chi connectivity index (χ4v) is 9.66. The number of allylic oxidation sites excluding steroid dienone is 1. The summed E-state index contributed by atoms with van der Waals surface area (Å²) in [7, 11) is 0. The number of fused-ring (bicyclic) bond motifs is 6. The van der Waals surface area contributed by atoms with Crippen molar-refractivity contribution < 1.29 is 33.4 Å². The molecule has 3 fully saturated rings. The van der Waals surface area contributed by atoms with Gasteiger partial charge < -0.3 is 14.6 Å². The number of thioether (sulfide) groups is 1. The van der Waals surface area contributed by atoms with E-state index in [1.807, 2.05) is 24.7 Å². The summed E-state index contributed by atoms with van der Waals surface area (Å²) in [4.78, 5) is 38.3. The third kappa shape index (κ3) is 4.67. The number of esters is 2. The highest BCUT2D eigenvalue weighted by molar-refractivity contribution is 8.13. The van der Waals surface area contributed by atoms with Crippen LogP contribution in [0.4, 0.5) is 4.39 Å². The van der Waals surface area contributed by atoms with Gasteiger partial charge in [0.2, 0.25) is 10.7 Å². The Balaban J connectivity index is 1.31. The highest BCUT2D eigenvalue weighted by atomic mass is 32.2. The molecule has 1 heterocycles. The van der Waals surface area contributed by atoms with E-state index in [4.69, 9.17) is 9.47 Å². The number of hydrogen-bond acceptors (Lipinski definition) is 8. The van der Waals surface area contributed by atoms with E-state index in [2.05, 4.69) is 18.1 Å². The first-order valence-corrected chi connectivity index (χ1v) is 16.2. The summed E-state index contributed by atoms with van der Waals surface area (Å²) in [5, 5.41) is 16.4. The number of halogens is 1. The fourth-order valence-electron chi connectivity index (χ4n) is 9.19. The number of rotatable bonds is 6. The zero-order chi connectivity index (χ0) is 30.7. The third-order valence-corrected chi connectivity index (χ3v) is 11.6. The quantitative estimate of drug-likeness (QED) is 0.440. The molecule has 3 saturated carbocycles. The molecule has 230 valence electrons. The van der Waals surface area contributed by atoms with Gasteiger partial charge in [0.1, 0.15) is 5.82 Å². The maximum atomic E-state index is 13.7. The van der Waals surface area contributed by atoms with E-state index < -0.39 is 29.1 Å². The van der Waals surface area contributed by atoms with Crippen molar-refractivity contribution in [3.05, 3.63) is 53.1 Å². The van der Waals surface area contributed by atoms with Crippen molar-refractivity contribution >= 4 is 34.9 Å². The summed E-state index contributed by atoms with van der Waals surface area (Å²) < 4.78 is 26.8. The van der Waals surface area contributed by atoms with E-state index in [9.17, 15) is 23.9 Å². The Kier molecular flexibility index (Phi) is 7.60. The number of carbonyl (C=O) groups is 3. The number of aromatic nitrogens is 2. The zero-order valence-corrected chi connectivity index (χ0v) is 25.9. The van der Waals surface area contributed by atoms with E-state index in [0.29, 0.717) is 25.0 Å². The van der Waals surface area contributed by atoms with Crippen LogP contribution in [0, 0.1) is 34.4 Å². The van der Waals surface area contributed by atoms with E-state index in [0.717, 1.165) is 41.5 Å². The summed E-state index contributed by atoms with van der Waals surface area (Å²) in [5.41, 5.74) is 1.41. The van der Waals surface area contributed by atoms with Crippen molar-refractivity contribution in [1.82, 2.24) is 9.78 Å². The topological polar surface area (TPSA) is 108 Å². The Labute approximate surface area is 255 Å². The van der Waals surface area contributed by atoms with Gasteiger partial charge in [-0.15, -0.1) is 0 Å². The molecule has 0 spiro atoms. The highest BCUT2D eigenvalue weighted by Gasteiger charge is 2.71. The van der Waals surface area contributed by atoms with Crippen molar-refractivity contribution in [3.63, 3.8) is 0 Å². The number of benzene rings is 1. The molecule has 0 saturated heterocycles. The lowest BCUT2D eigenvalue weighted by molar-refractivity contribution is -0.213. The maximum Gasteiger partial charge on any atom is 0.351 e. The minimum atomic E-state index is -1.56. The molecule has 43 heavy (non-hydrogen) atoms. The first-order chi connectivity index (χ1) is 20.4. The summed E-state index contributed by atoms with van der Waals surface area (Å²) in [6.07, 6.45) is 6.95. The van der Waals surface area contributed by atoms with Gasteiger partial charge in [0.25, 0.3) is 0 Å². The maximum absolute atomic E-state index is 13.7. The Hall–Kier alpha value is -2.98. The number of ether oxygens (including phenoxy) is 2. The smallest absolute Gasteiger partial charge is 0.351 e. The average molecular weight is 611 g/mol. The second-order valence-electron chi connectivity index (χ2n) is 13.1. The normalized spacial score (nSPS) is 34.2. The molecule has 8 nitrogen and oxygen atoms in total. The van der Waals surface area contributed by atoms with Crippen molar-refractivity contribution in [2.75, 3.05) is 12.4 Å². The van der Waals surface area contributed by atoms with Gasteiger partial charge in [0.15, 0.2) is 6.61 Å². The standard InChI is InChI=1S/C33H39FN2O6S/c1-5-43-28(39)18-41-30(40)33(42-19(2)37)13-12-25-24-11-6-21-14-26-20(17-35-36(26)23-9-7-22(34)8-10-23)15-31(21,3)29(24)27(38)16-32(25,33)4/h7-10,14,17,24-25,27,29,38H,5-6,11-13,15-16,18H2,1-4H3/t24?,25-,27-,29+,31?,32?,33-/m0/s1. The van der Waals surface area contributed by atoms with Crippen LogP contribution in [0.1, 0.15) is 71.1 Å².